The standard InChI is InChI=1S/C14H16N2O10S/c1-9(14(17)25-8-11-3-2-6-24-11)26-27(22,23)13-7-10(15(18)19)4-5-12(13)16(20)21/h4-5,7,9,11H,2-3,6,8H2,1H3/t9?,11-/m0/s1. The normalized spacial score (nSPS) is 18.0. The second-order valence-corrected chi connectivity index (χ2v) is 7.16. The molecule has 0 spiro atoms. The molecule has 1 aromatic carbocycles. The Kier molecular flexibility index (Phi) is 6.41. The van der Waals surface area contributed by atoms with Crippen molar-refractivity contribution in [3.05, 3.63) is 38.4 Å². The van der Waals surface area contributed by atoms with E-state index in [2.05, 4.69) is 4.18 Å². The van der Waals surface area contributed by atoms with Crippen LogP contribution < -0.4 is 0 Å². The Hall–Kier alpha value is -2.64. The van der Waals surface area contributed by atoms with Crippen molar-refractivity contribution in [1.29, 1.82) is 0 Å². The zero-order chi connectivity index (χ0) is 20.2. The summed E-state index contributed by atoms with van der Waals surface area (Å²) in [6.45, 7) is 1.54. The predicted molar refractivity (Wildman–Crippen MR) is 87.4 cm³/mol. The Balaban J connectivity index is 2.16. The fourth-order valence-corrected chi connectivity index (χ4v) is 3.54. The predicted octanol–water partition coefficient (Wildman–Crippen LogP) is 1.32. The van der Waals surface area contributed by atoms with Crippen LogP contribution in [0.3, 0.4) is 0 Å². The highest BCUT2D eigenvalue weighted by molar-refractivity contribution is 7.87. The maximum atomic E-state index is 12.3. The number of nitrogens with zero attached hydrogens (tertiary/aromatic N) is 2. The lowest BCUT2D eigenvalue weighted by atomic mass is 10.2. The van der Waals surface area contributed by atoms with E-state index in [-0.39, 0.29) is 12.7 Å². The molecule has 0 bridgehead atoms. The summed E-state index contributed by atoms with van der Waals surface area (Å²) in [6, 6.07) is 1.96. The molecule has 1 aliphatic rings. The second-order valence-electron chi connectivity index (χ2n) is 5.62. The smallest absolute Gasteiger partial charge is 0.336 e. The van der Waals surface area contributed by atoms with Crippen LogP contribution in [0.15, 0.2) is 23.1 Å². The first-order valence-electron chi connectivity index (χ1n) is 7.76. The van der Waals surface area contributed by atoms with E-state index >= 15 is 0 Å². The van der Waals surface area contributed by atoms with Gasteiger partial charge in [0, 0.05) is 24.8 Å². The van der Waals surface area contributed by atoms with Crippen LogP contribution in [-0.2, 0) is 28.6 Å². The van der Waals surface area contributed by atoms with Gasteiger partial charge in [0.2, 0.25) is 0 Å². The molecular weight excluding hydrogens is 388 g/mol. The molecule has 1 aliphatic heterocycles. The van der Waals surface area contributed by atoms with E-state index in [1.54, 1.807) is 0 Å². The van der Waals surface area contributed by atoms with Crippen molar-refractivity contribution in [1.82, 2.24) is 0 Å². The van der Waals surface area contributed by atoms with Crippen LogP contribution in [0, 0.1) is 20.2 Å². The summed E-state index contributed by atoms with van der Waals surface area (Å²) >= 11 is 0. The number of hydrogen-bond acceptors (Lipinski definition) is 10. The summed E-state index contributed by atoms with van der Waals surface area (Å²) in [6.07, 6.45) is -0.384. The molecule has 1 aromatic rings. The summed E-state index contributed by atoms with van der Waals surface area (Å²) in [5, 5.41) is 21.8. The molecule has 13 heteroatoms. The molecule has 148 valence electrons. The SMILES string of the molecule is CC(OS(=O)(=O)c1cc([N+](=O)[O-])ccc1[N+](=O)[O-])C(=O)OC[C@@H]1CCCO1. The first kappa shape index (κ1) is 20.7. The highest BCUT2D eigenvalue weighted by atomic mass is 32.2. The Bertz CT molecular complexity index is 847. The number of nitro groups is 2. The van der Waals surface area contributed by atoms with Crippen LogP contribution >= 0.6 is 0 Å². The molecule has 0 aliphatic carbocycles. The van der Waals surface area contributed by atoms with Crippen LogP contribution in [0.1, 0.15) is 19.8 Å². The van der Waals surface area contributed by atoms with Crippen molar-refractivity contribution in [2.75, 3.05) is 13.2 Å². The molecule has 2 atom stereocenters. The van der Waals surface area contributed by atoms with Gasteiger partial charge in [0.05, 0.1) is 16.0 Å². The first-order valence-corrected chi connectivity index (χ1v) is 9.17. The third kappa shape index (κ3) is 5.18. The quantitative estimate of drug-likeness (QED) is 0.267. The number of carbonyl (C=O) groups is 1. The summed E-state index contributed by atoms with van der Waals surface area (Å²) < 4.78 is 39.5. The van der Waals surface area contributed by atoms with Gasteiger partial charge in [-0.2, -0.15) is 8.42 Å². The van der Waals surface area contributed by atoms with Crippen molar-refractivity contribution in [3.8, 4) is 0 Å². The molecule has 2 rings (SSSR count). The number of benzene rings is 1. The van der Waals surface area contributed by atoms with Crippen LogP contribution in [0.5, 0.6) is 0 Å². The monoisotopic (exact) mass is 404 g/mol. The number of nitro benzene ring substituents is 2. The molecule has 0 aromatic heterocycles. The fraction of sp³-hybridized carbons (Fsp3) is 0.500. The molecule has 0 saturated carbocycles. The minimum atomic E-state index is -4.85. The minimum absolute atomic E-state index is 0.0798. The van der Waals surface area contributed by atoms with E-state index in [4.69, 9.17) is 9.47 Å². The number of carbonyl (C=O) groups excluding carboxylic acids is 1. The van der Waals surface area contributed by atoms with Crippen molar-refractivity contribution >= 4 is 27.5 Å². The lowest BCUT2D eigenvalue weighted by Gasteiger charge is -2.14. The van der Waals surface area contributed by atoms with Crippen LogP contribution in [0.4, 0.5) is 11.4 Å². The third-order valence-electron chi connectivity index (χ3n) is 3.66. The van der Waals surface area contributed by atoms with Gasteiger partial charge in [0.1, 0.15) is 6.61 Å². The zero-order valence-corrected chi connectivity index (χ0v) is 14.9. The zero-order valence-electron chi connectivity index (χ0n) is 14.1. The number of hydrogen-bond donors (Lipinski definition) is 0. The van der Waals surface area contributed by atoms with Gasteiger partial charge in [-0.15, -0.1) is 0 Å². The average Bonchev–Trinajstić information content (AvgIpc) is 3.12. The second kappa shape index (κ2) is 8.37. The molecule has 0 N–H and O–H groups in total. The summed E-state index contributed by atoms with van der Waals surface area (Å²) in [5.41, 5.74) is -1.60. The van der Waals surface area contributed by atoms with Crippen LogP contribution in [0.25, 0.3) is 0 Å². The Morgan fingerprint density at radius 1 is 1.33 bits per heavy atom. The Morgan fingerprint density at radius 2 is 2.04 bits per heavy atom. The summed E-state index contributed by atoms with van der Waals surface area (Å²) in [7, 11) is -4.85. The van der Waals surface area contributed by atoms with E-state index < -0.39 is 48.3 Å². The van der Waals surface area contributed by atoms with Crippen molar-refractivity contribution in [3.63, 3.8) is 0 Å². The van der Waals surface area contributed by atoms with Gasteiger partial charge < -0.3 is 9.47 Å². The lowest BCUT2D eigenvalue weighted by molar-refractivity contribution is -0.391. The van der Waals surface area contributed by atoms with Gasteiger partial charge in [-0.3, -0.25) is 24.4 Å². The van der Waals surface area contributed by atoms with Gasteiger partial charge >= 0.3 is 16.1 Å². The van der Waals surface area contributed by atoms with Gasteiger partial charge in [0.15, 0.2) is 11.0 Å². The first-order chi connectivity index (χ1) is 12.6. The maximum absolute atomic E-state index is 12.3. The number of esters is 1. The molecule has 1 fully saturated rings. The van der Waals surface area contributed by atoms with Gasteiger partial charge in [-0.05, 0) is 19.8 Å². The Morgan fingerprint density at radius 3 is 2.59 bits per heavy atom. The average molecular weight is 404 g/mol. The van der Waals surface area contributed by atoms with E-state index in [1.807, 2.05) is 0 Å². The van der Waals surface area contributed by atoms with E-state index in [0.29, 0.717) is 25.2 Å². The van der Waals surface area contributed by atoms with E-state index in [9.17, 15) is 33.4 Å². The van der Waals surface area contributed by atoms with Crippen molar-refractivity contribution in [2.24, 2.45) is 0 Å². The van der Waals surface area contributed by atoms with Gasteiger partial charge in [-0.25, -0.2) is 4.79 Å². The lowest BCUT2D eigenvalue weighted by Crippen LogP contribution is -2.29. The maximum Gasteiger partial charge on any atom is 0.336 e. The van der Waals surface area contributed by atoms with E-state index in [0.717, 1.165) is 19.4 Å². The third-order valence-corrected chi connectivity index (χ3v) is 5.07. The molecule has 1 heterocycles. The molecular formula is C14H16N2O10S. The van der Waals surface area contributed by atoms with Gasteiger partial charge in [0.25, 0.3) is 11.4 Å². The Labute approximate surface area is 153 Å². The minimum Gasteiger partial charge on any atom is -0.461 e. The summed E-state index contributed by atoms with van der Waals surface area (Å²) in [5.74, 6) is -1.01. The summed E-state index contributed by atoms with van der Waals surface area (Å²) in [4.78, 5) is 30.8. The highest BCUT2D eigenvalue weighted by Gasteiger charge is 2.33. The van der Waals surface area contributed by atoms with Crippen molar-refractivity contribution in [2.45, 2.75) is 36.9 Å². The molecule has 0 radical (unpaired) electrons. The number of rotatable bonds is 8. The molecule has 0 amide bonds. The van der Waals surface area contributed by atoms with Crippen molar-refractivity contribution < 1.29 is 36.7 Å². The topological polar surface area (TPSA) is 165 Å². The van der Waals surface area contributed by atoms with E-state index in [1.165, 1.54) is 0 Å². The number of non-ortho nitro benzene ring substituents is 1. The molecule has 1 unspecified atom stereocenters. The van der Waals surface area contributed by atoms with Crippen LogP contribution in [0.2, 0.25) is 0 Å². The molecule has 12 nitrogen and oxygen atoms in total. The molecule has 1 saturated heterocycles. The van der Waals surface area contributed by atoms with Crippen LogP contribution in [-0.4, -0.2) is 49.7 Å². The highest BCUT2D eigenvalue weighted by Crippen LogP contribution is 2.30. The van der Waals surface area contributed by atoms with Gasteiger partial charge in [-0.1, -0.05) is 0 Å². The number of ether oxygens (including phenoxy) is 2. The molecule has 27 heavy (non-hydrogen) atoms. The largest absolute Gasteiger partial charge is 0.461 e. The fourth-order valence-electron chi connectivity index (χ4n) is 2.32.